The number of carbonyl (C=O) groups excluding carboxylic acids is 2. The summed E-state index contributed by atoms with van der Waals surface area (Å²) >= 11 is 1.19. The average molecular weight is 486 g/mol. The van der Waals surface area contributed by atoms with Gasteiger partial charge in [0.15, 0.2) is 0 Å². The van der Waals surface area contributed by atoms with Crippen molar-refractivity contribution in [2.45, 2.75) is 18.8 Å². The SMILES string of the molecule is COc1cc(NC(=O)N2CCC(c3nnc(C(=O)Nc4ccccc4F)s3)CC2)cc(OC)c1. The Labute approximate surface area is 199 Å². The van der Waals surface area contributed by atoms with Crippen LogP contribution in [0.4, 0.5) is 20.6 Å². The van der Waals surface area contributed by atoms with E-state index in [0.29, 0.717) is 43.1 Å². The molecule has 1 saturated heterocycles. The number of methoxy groups -OCH3 is 2. The van der Waals surface area contributed by atoms with Crippen molar-refractivity contribution >= 4 is 34.6 Å². The summed E-state index contributed by atoms with van der Waals surface area (Å²) in [5.41, 5.74) is 0.676. The zero-order valence-corrected chi connectivity index (χ0v) is 19.5. The molecule has 3 amide bonds. The fourth-order valence-electron chi connectivity index (χ4n) is 3.64. The Morgan fingerprint density at radius 3 is 2.35 bits per heavy atom. The molecule has 11 heteroatoms. The molecule has 0 radical (unpaired) electrons. The molecule has 0 spiro atoms. The Balaban J connectivity index is 1.33. The van der Waals surface area contributed by atoms with E-state index < -0.39 is 11.7 Å². The molecule has 3 aromatic rings. The lowest BCUT2D eigenvalue weighted by Gasteiger charge is -2.31. The number of anilines is 2. The number of para-hydroxylation sites is 1. The highest BCUT2D eigenvalue weighted by Gasteiger charge is 2.27. The number of amides is 3. The number of rotatable bonds is 6. The largest absolute Gasteiger partial charge is 0.497 e. The van der Waals surface area contributed by atoms with Gasteiger partial charge in [-0.15, -0.1) is 10.2 Å². The first kappa shape index (κ1) is 23.4. The van der Waals surface area contributed by atoms with Crippen molar-refractivity contribution in [3.8, 4) is 11.5 Å². The van der Waals surface area contributed by atoms with E-state index in [2.05, 4.69) is 20.8 Å². The van der Waals surface area contributed by atoms with Gasteiger partial charge in [0.1, 0.15) is 22.3 Å². The maximum absolute atomic E-state index is 13.8. The highest BCUT2D eigenvalue weighted by Crippen LogP contribution is 2.31. The van der Waals surface area contributed by atoms with E-state index in [0.717, 1.165) is 5.01 Å². The van der Waals surface area contributed by atoms with Crippen LogP contribution in [0.5, 0.6) is 11.5 Å². The predicted octanol–water partition coefficient (Wildman–Crippen LogP) is 4.36. The van der Waals surface area contributed by atoms with Crippen LogP contribution in [-0.2, 0) is 0 Å². The molecule has 1 aliphatic heterocycles. The summed E-state index contributed by atoms with van der Waals surface area (Å²) in [5, 5.41) is 14.4. The van der Waals surface area contributed by atoms with E-state index in [9.17, 15) is 14.0 Å². The summed E-state index contributed by atoms with van der Waals surface area (Å²) in [6.07, 6.45) is 1.39. The van der Waals surface area contributed by atoms with E-state index in [-0.39, 0.29) is 22.6 Å². The number of carbonyl (C=O) groups is 2. The predicted molar refractivity (Wildman–Crippen MR) is 126 cm³/mol. The summed E-state index contributed by atoms with van der Waals surface area (Å²) in [5.74, 6) is 0.241. The molecule has 1 aromatic heterocycles. The molecule has 2 heterocycles. The van der Waals surface area contributed by atoms with Crippen LogP contribution in [0.3, 0.4) is 0 Å². The number of nitrogens with one attached hydrogen (secondary N) is 2. The summed E-state index contributed by atoms with van der Waals surface area (Å²) in [7, 11) is 3.10. The molecule has 1 aliphatic rings. The molecule has 9 nitrogen and oxygen atoms in total. The maximum atomic E-state index is 13.8. The fourth-order valence-corrected chi connectivity index (χ4v) is 4.55. The minimum atomic E-state index is -0.515. The summed E-state index contributed by atoms with van der Waals surface area (Å²) in [6, 6.07) is 10.9. The van der Waals surface area contributed by atoms with Gasteiger partial charge in [-0.3, -0.25) is 4.79 Å². The molecule has 4 rings (SSSR count). The van der Waals surface area contributed by atoms with Gasteiger partial charge in [-0.05, 0) is 25.0 Å². The lowest BCUT2D eigenvalue weighted by Crippen LogP contribution is -2.40. The number of nitrogens with zero attached hydrogens (tertiary/aromatic N) is 3. The second kappa shape index (κ2) is 10.5. The first-order chi connectivity index (χ1) is 16.5. The molecule has 0 bridgehead atoms. The normalized spacial score (nSPS) is 13.9. The standard InChI is InChI=1S/C23H24FN5O4S/c1-32-16-11-15(12-17(13-16)33-2)25-23(31)29-9-7-14(8-10-29)21-27-28-22(34-21)20(30)26-19-6-4-3-5-18(19)24/h3-6,11-14H,7-10H2,1-2H3,(H,25,31)(H,26,30). The molecule has 0 unspecified atom stereocenters. The molecular formula is C23H24FN5O4S. The Kier molecular flexibility index (Phi) is 7.21. The highest BCUT2D eigenvalue weighted by molar-refractivity contribution is 7.13. The third kappa shape index (κ3) is 5.42. The average Bonchev–Trinajstić information content (AvgIpc) is 3.36. The molecule has 1 fully saturated rings. The minimum absolute atomic E-state index is 0.0912. The molecule has 34 heavy (non-hydrogen) atoms. The first-order valence-electron chi connectivity index (χ1n) is 10.6. The molecular weight excluding hydrogens is 461 g/mol. The van der Waals surface area contributed by atoms with E-state index in [1.54, 1.807) is 49.5 Å². The van der Waals surface area contributed by atoms with E-state index in [1.807, 2.05) is 0 Å². The third-order valence-corrected chi connectivity index (χ3v) is 6.58. The molecule has 0 atom stereocenters. The molecule has 0 saturated carbocycles. The number of benzene rings is 2. The van der Waals surface area contributed by atoms with Crippen LogP contribution in [-0.4, -0.2) is 54.3 Å². The Bertz CT molecular complexity index is 1160. The Morgan fingerprint density at radius 2 is 1.71 bits per heavy atom. The van der Waals surface area contributed by atoms with Crippen molar-refractivity contribution in [2.24, 2.45) is 0 Å². The van der Waals surface area contributed by atoms with Crippen molar-refractivity contribution in [3.63, 3.8) is 0 Å². The minimum Gasteiger partial charge on any atom is -0.497 e. The molecule has 2 N–H and O–H groups in total. The van der Waals surface area contributed by atoms with Gasteiger partial charge in [0.25, 0.3) is 5.91 Å². The van der Waals surface area contributed by atoms with Gasteiger partial charge < -0.3 is 25.0 Å². The quantitative estimate of drug-likeness (QED) is 0.538. The highest BCUT2D eigenvalue weighted by atomic mass is 32.1. The van der Waals surface area contributed by atoms with Crippen LogP contribution < -0.4 is 20.1 Å². The summed E-state index contributed by atoms with van der Waals surface area (Å²) < 4.78 is 24.3. The van der Waals surface area contributed by atoms with Gasteiger partial charge in [0.2, 0.25) is 5.01 Å². The molecule has 0 aliphatic carbocycles. The van der Waals surface area contributed by atoms with Crippen LogP contribution in [0.2, 0.25) is 0 Å². The first-order valence-corrected chi connectivity index (χ1v) is 11.5. The number of hydrogen-bond acceptors (Lipinski definition) is 7. The van der Waals surface area contributed by atoms with Gasteiger partial charge in [0.05, 0.1) is 19.9 Å². The van der Waals surface area contributed by atoms with Gasteiger partial charge in [-0.2, -0.15) is 0 Å². The fraction of sp³-hybridized carbons (Fsp3) is 0.304. The van der Waals surface area contributed by atoms with E-state index in [4.69, 9.17) is 9.47 Å². The number of aromatic nitrogens is 2. The topological polar surface area (TPSA) is 106 Å². The zero-order valence-electron chi connectivity index (χ0n) is 18.7. The Morgan fingerprint density at radius 1 is 1.03 bits per heavy atom. The number of hydrogen-bond donors (Lipinski definition) is 2. The second-order valence-electron chi connectivity index (χ2n) is 7.67. The number of urea groups is 1. The van der Waals surface area contributed by atoms with E-state index >= 15 is 0 Å². The monoisotopic (exact) mass is 485 g/mol. The second-order valence-corrected chi connectivity index (χ2v) is 8.68. The maximum Gasteiger partial charge on any atom is 0.321 e. The number of ether oxygens (including phenoxy) is 2. The lowest BCUT2D eigenvalue weighted by atomic mass is 9.98. The summed E-state index contributed by atoms with van der Waals surface area (Å²) in [4.78, 5) is 26.9. The van der Waals surface area contributed by atoms with E-state index in [1.165, 1.54) is 23.5 Å². The van der Waals surface area contributed by atoms with Crippen LogP contribution >= 0.6 is 11.3 Å². The van der Waals surface area contributed by atoms with Gasteiger partial charge in [0, 0.05) is 42.9 Å². The zero-order chi connectivity index (χ0) is 24.1. The van der Waals surface area contributed by atoms with Crippen molar-refractivity contribution in [3.05, 3.63) is 58.3 Å². The number of likely N-dealkylation sites (tertiary alicyclic amines) is 1. The molecule has 178 valence electrons. The Hall–Kier alpha value is -3.73. The van der Waals surface area contributed by atoms with Crippen LogP contribution in [0.15, 0.2) is 42.5 Å². The summed E-state index contributed by atoms with van der Waals surface area (Å²) in [6.45, 7) is 1.07. The molecule has 2 aromatic carbocycles. The smallest absolute Gasteiger partial charge is 0.321 e. The van der Waals surface area contributed by atoms with Gasteiger partial charge >= 0.3 is 6.03 Å². The van der Waals surface area contributed by atoms with Crippen LogP contribution in [0, 0.1) is 5.82 Å². The lowest BCUT2D eigenvalue weighted by molar-refractivity contribution is 0.102. The van der Waals surface area contributed by atoms with Crippen molar-refractivity contribution < 1.29 is 23.5 Å². The van der Waals surface area contributed by atoms with Gasteiger partial charge in [-0.25, -0.2) is 9.18 Å². The van der Waals surface area contributed by atoms with Crippen molar-refractivity contribution in [2.75, 3.05) is 37.9 Å². The van der Waals surface area contributed by atoms with Crippen molar-refractivity contribution in [1.82, 2.24) is 15.1 Å². The third-order valence-electron chi connectivity index (χ3n) is 5.49. The van der Waals surface area contributed by atoms with Crippen LogP contribution in [0.1, 0.15) is 33.6 Å². The number of piperidine rings is 1. The van der Waals surface area contributed by atoms with Gasteiger partial charge in [-0.1, -0.05) is 23.5 Å². The van der Waals surface area contributed by atoms with Crippen LogP contribution in [0.25, 0.3) is 0 Å². The van der Waals surface area contributed by atoms with Crippen molar-refractivity contribution in [1.29, 1.82) is 0 Å². The number of halogens is 1.